The van der Waals surface area contributed by atoms with Crippen LogP contribution in [-0.2, 0) is 0 Å². The molecular formula is C24H25N3O. The number of carbonyl (C=O) groups is 1. The zero-order chi connectivity index (χ0) is 19.2. The monoisotopic (exact) mass is 371 g/mol. The first-order chi connectivity index (χ1) is 13.8. The molecule has 1 aliphatic rings. The van der Waals surface area contributed by atoms with E-state index in [1.807, 2.05) is 36.4 Å². The summed E-state index contributed by atoms with van der Waals surface area (Å²) in [6, 6.07) is 22.4. The summed E-state index contributed by atoms with van der Waals surface area (Å²) in [6.45, 7) is 3.71. The fourth-order valence-electron chi connectivity index (χ4n) is 3.85. The number of benzene rings is 2. The minimum Gasteiger partial charge on any atom is -0.351 e. The van der Waals surface area contributed by atoms with Crippen LogP contribution in [0.25, 0.3) is 11.1 Å². The van der Waals surface area contributed by atoms with E-state index in [-0.39, 0.29) is 5.91 Å². The van der Waals surface area contributed by atoms with Crippen LogP contribution >= 0.6 is 0 Å². The lowest BCUT2D eigenvalue weighted by atomic mass is 9.99. The van der Waals surface area contributed by atoms with Crippen LogP contribution < -0.4 is 5.32 Å². The Balaban J connectivity index is 1.28. The molecule has 0 saturated carbocycles. The molecule has 3 aromatic rings. The van der Waals surface area contributed by atoms with E-state index in [1.54, 1.807) is 12.4 Å². The van der Waals surface area contributed by atoms with E-state index in [9.17, 15) is 4.79 Å². The van der Waals surface area contributed by atoms with Crippen LogP contribution in [0.3, 0.4) is 0 Å². The van der Waals surface area contributed by atoms with Gasteiger partial charge in [0.25, 0.3) is 5.91 Å². The highest BCUT2D eigenvalue weighted by Crippen LogP contribution is 2.26. The number of nitrogens with one attached hydrogen (secondary N) is 1. The minimum absolute atomic E-state index is 0.0188. The van der Waals surface area contributed by atoms with Gasteiger partial charge in [-0.2, -0.15) is 0 Å². The summed E-state index contributed by atoms with van der Waals surface area (Å²) in [5, 5.41) is 3.07. The van der Waals surface area contributed by atoms with Gasteiger partial charge in [0.2, 0.25) is 0 Å². The lowest BCUT2D eigenvalue weighted by Crippen LogP contribution is -2.33. The smallest absolute Gasteiger partial charge is 0.251 e. The van der Waals surface area contributed by atoms with Crippen LogP contribution in [-0.4, -0.2) is 42.0 Å². The number of aromatic nitrogens is 1. The van der Waals surface area contributed by atoms with Gasteiger partial charge in [-0.3, -0.25) is 9.78 Å². The Bertz CT molecular complexity index is 911. The number of amides is 1. The molecule has 0 unspecified atom stereocenters. The van der Waals surface area contributed by atoms with Gasteiger partial charge in [-0.05, 0) is 59.8 Å². The quantitative estimate of drug-likeness (QED) is 0.713. The predicted molar refractivity (Wildman–Crippen MR) is 112 cm³/mol. The Kier molecular flexibility index (Phi) is 5.78. The van der Waals surface area contributed by atoms with E-state index in [1.165, 1.54) is 12.0 Å². The first kappa shape index (κ1) is 18.4. The Morgan fingerprint density at radius 2 is 1.82 bits per heavy atom. The minimum atomic E-state index is -0.0188. The van der Waals surface area contributed by atoms with E-state index >= 15 is 0 Å². The zero-order valence-corrected chi connectivity index (χ0v) is 15.9. The van der Waals surface area contributed by atoms with Crippen molar-refractivity contribution in [3.05, 3.63) is 90.3 Å². The maximum Gasteiger partial charge on any atom is 0.251 e. The molecule has 1 atom stereocenters. The van der Waals surface area contributed by atoms with Crippen molar-refractivity contribution in [1.29, 1.82) is 0 Å². The third-order valence-corrected chi connectivity index (χ3v) is 5.40. The van der Waals surface area contributed by atoms with Crippen LogP contribution in [0.15, 0.2) is 79.1 Å². The molecule has 28 heavy (non-hydrogen) atoms. The molecule has 0 radical (unpaired) electrons. The molecule has 0 bridgehead atoms. The van der Waals surface area contributed by atoms with Crippen LogP contribution in [0.4, 0.5) is 0 Å². The van der Waals surface area contributed by atoms with Gasteiger partial charge in [0.05, 0.1) is 0 Å². The number of hydrogen-bond donors (Lipinski definition) is 1. The molecule has 0 spiro atoms. The highest BCUT2D eigenvalue weighted by Gasteiger charge is 2.23. The Labute approximate surface area is 166 Å². The lowest BCUT2D eigenvalue weighted by molar-refractivity contribution is 0.0949. The molecule has 4 nitrogen and oxygen atoms in total. The highest BCUT2D eigenvalue weighted by molar-refractivity contribution is 5.95. The number of rotatable bonds is 6. The van der Waals surface area contributed by atoms with Gasteiger partial charge in [0.1, 0.15) is 0 Å². The van der Waals surface area contributed by atoms with E-state index in [2.05, 4.69) is 45.5 Å². The molecule has 2 heterocycles. The van der Waals surface area contributed by atoms with Gasteiger partial charge in [-0.15, -0.1) is 0 Å². The molecular weight excluding hydrogens is 346 g/mol. The Morgan fingerprint density at radius 3 is 2.64 bits per heavy atom. The maximum absolute atomic E-state index is 12.5. The highest BCUT2D eigenvalue weighted by atomic mass is 16.1. The van der Waals surface area contributed by atoms with Gasteiger partial charge in [0, 0.05) is 37.6 Å². The van der Waals surface area contributed by atoms with Crippen molar-refractivity contribution in [2.75, 3.05) is 26.2 Å². The summed E-state index contributed by atoms with van der Waals surface area (Å²) in [6.07, 6.45) is 4.72. The fraction of sp³-hybridized carbons (Fsp3) is 0.250. The van der Waals surface area contributed by atoms with Gasteiger partial charge in [-0.1, -0.05) is 42.5 Å². The molecule has 142 valence electrons. The second-order valence-electron chi connectivity index (χ2n) is 7.27. The van der Waals surface area contributed by atoms with Crippen molar-refractivity contribution in [2.24, 2.45) is 0 Å². The topological polar surface area (TPSA) is 45.2 Å². The molecule has 1 saturated heterocycles. The molecule has 2 aromatic carbocycles. The number of likely N-dealkylation sites (tertiary alicyclic amines) is 1. The molecule has 1 fully saturated rings. The summed E-state index contributed by atoms with van der Waals surface area (Å²) >= 11 is 0. The average molecular weight is 371 g/mol. The predicted octanol–water partition coefficient (Wildman–Crippen LogP) is 3.97. The lowest BCUT2D eigenvalue weighted by Gasteiger charge is -2.16. The first-order valence-corrected chi connectivity index (χ1v) is 9.85. The molecule has 1 aliphatic heterocycles. The van der Waals surface area contributed by atoms with Gasteiger partial charge < -0.3 is 10.2 Å². The van der Waals surface area contributed by atoms with Crippen LogP contribution in [0, 0.1) is 0 Å². The van der Waals surface area contributed by atoms with Crippen molar-refractivity contribution in [2.45, 2.75) is 12.3 Å². The normalized spacial score (nSPS) is 16.8. The average Bonchev–Trinajstić information content (AvgIpc) is 3.24. The molecule has 4 rings (SSSR count). The van der Waals surface area contributed by atoms with Gasteiger partial charge in [-0.25, -0.2) is 0 Å². The molecule has 1 N–H and O–H groups in total. The van der Waals surface area contributed by atoms with Crippen molar-refractivity contribution >= 4 is 5.91 Å². The number of nitrogens with zero attached hydrogens (tertiary/aromatic N) is 2. The number of carbonyl (C=O) groups excluding carboxylic acids is 1. The third-order valence-electron chi connectivity index (χ3n) is 5.40. The summed E-state index contributed by atoms with van der Waals surface area (Å²) in [5.74, 6) is 0.587. The summed E-state index contributed by atoms with van der Waals surface area (Å²) < 4.78 is 0. The van der Waals surface area contributed by atoms with Crippen molar-refractivity contribution in [3.8, 4) is 11.1 Å². The van der Waals surface area contributed by atoms with E-state index in [0.29, 0.717) is 18.0 Å². The summed E-state index contributed by atoms with van der Waals surface area (Å²) in [4.78, 5) is 19.0. The van der Waals surface area contributed by atoms with Crippen LogP contribution in [0.5, 0.6) is 0 Å². The van der Waals surface area contributed by atoms with E-state index < -0.39 is 0 Å². The van der Waals surface area contributed by atoms with Crippen LogP contribution in [0.1, 0.15) is 28.3 Å². The zero-order valence-electron chi connectivity index (χ0n) is 15.9. The van der Waals surface area contributed by atoms with Crippen molar-refractivity contribution in [1.82, 2.24) is 15.2 Å². The van der Waals surface area contributed by atoms with E-state index in [4.69, 9.17) is 0 Å². The first-order valence-electron chi connectivity index (χ1n) is 9.85. The molecule has 1 aromatic heterocycles. The SMILES string of the molecule is O=C(NCCN1CC[C@@H](c2ccccc2)C1)c1cccc(-c2ccncc2)c1. The third kappa shape index (κ3) is 4.46. The van der Waals surface area contributed by atoms with Crippen LogP contribution in [0.2, 0.25) is 0 Å². The van der Waals surface area contributed by atoms with Crippen molar-refractivity contribution in [3.63, 3.8) is 0 Å². The second-order valence-corrected chi connectivity index (χ2v) is 7.27. The fourth-order valence-corrected chi connectivity index (χ4v) is 3.85. The molecule has 0 aliphatic carbocycles. The van der Waals surface area contributed by atoms with Gasteiger partial charge in [0.15, 0.2) is 0 Å². The van der Waals surface area contributed by atoms with Crippen molar-refractivity contribution < 1.29 is 4.79 Å². The summed E-state index contributed by atoms with van der Waals surface area (Å²) in [5.41, 5.74) is 4.20. The molecule has 4 heteroatoms. The van der Waals surface area contributed by atoms with Gasteiger partial charge >= 0.3 is 0 Å². The Morgan fingerprint density at radius 1 is 1.00 bits per heavy atom. The number of pyridine rings is 1. The Hall–Kier alpha value is -2.98. The number of hydrogen-bond acceptors (Lipinski definition) is 3. The maximum atomic E-state index is 12.5. The largest absolute Gasteiger partial charge is 0.351 e. The standard InChI is InChI=1S/C24H25N3O/c28-24(22-8-4-7-21(17-22)20-9-12-25-13-10-20)26-14-16-27-15-11-23(18-27)19-5-2-1-3-6-19/h1-10,12-13,17,23H,11,14-16,18H2,(H,26,28)/t23-/m1/s1. The van der Waals surface area contributed by atoms with E-state index in [0.717, 1.165) is 30.8 Å². The molecule has 1 amide bonds. The summed E-state index contributed by atoms with van der Waals surface area (Å²) in [7, 11) is 0. The second kappa shape index (κ2) is 8.81.